The van der Waals surface area contributed by atoms with Crippen LogP contribution in [0.2, 0.25) is 0 Å². The summed E-state index contributed by atoms with van der Waals surface area (Å²) in [5.41, 5.74) is -1.21. The lowest BCUT2D eigenvalue weighted by molar-refractivity contribution is -0.138. The number of benzene rings is 1. The highest BCUT2D eigenvalue weighted by molar-refractivity contribution is 5.96. The lowest BCUT2D eigenvalue weighted by Gasteiger charge is -2.36. The van der Waals surface area contributed by atoms with Crippen molar-refractivity contribution < 1.29 is 27.9 Å². The number of hydrogen-bond donors (Lipinski definition) is 1. The molecule has 1 aliphatic heterocycles. The highest BCUT2D eigenvalue weighted by Gasteiger charge is 2.36. The predicted molar refractivity (Wildman–Crippen MR) is 88.6 cm³/mol. The van der Waals surface area contributed by atoms with Crippen molar-refractivity contribution in [2.75, 3.05) is 31.1 Å². The number of carboxylic acids is 1. The number of alkyl halides is 3. The van der Waals surface area contributed by atoms with E-state index in [-0.39, 0.29) is 31.9 Å². The van der Waals surface area contributed by atoms with Gasteiger partial charge in [0.1, 0.15) is 0 Å². The van der Waals surface area contributed by atoms with E-state index >= 15 is 0 Å². The fraction of sp³-hybridized carbons (Fsp3) is 0.294. The largest absolute Gasteiger partial charge is 0.476 e. The van der Waals surface area contributed by atoms with Crippen molar-refractivity contribution in [3.8, 4) is 0 Å². The quantitative estimate of drug-likeness (QED) is 0.878. The van der Waals surface area contributed by atoms with E-state index in [4.69, 9.17) is 0 Å². The second-order valence-electron chi connectivity index (χ2n) is 5.89. The van der Waals surface area contributed by atoms with Gasteiger partial charge in [-0.15, -0.1) is 5.10 Å². The monoisotopic (exact) mass is 380 g/mol. The Balaban J connectivity index is 1.76. The molecule has 1 aromatic carbocycles. The molecule has 0 unspecified atom stereocenters. The van der Waals surface area contributed by atoms with E-state index in [0.717, 1.165) is 12.1 Å². The van der Waals surface area contributed by atoms with Crippen molar-refractivity contribution in [2.45, 2.75) is 6.18 Å². The third kappa shape index (κ3) is 3.83. The number of aromatic nitrogens is 2. The van der Waals surface area contributed by atoms with Crippen LogP contribution in [0.5, 0.6) is 0 Å². The molecule has 0 bridgehead atoms. The standard InChI is InChI=1S/C17H15F3N4O3/c18-17(19,20)12-4-2-1-3-11(12)15(25)24-9-7-23(8-10-24)13-5-6-21-22-14(13)16(26)27/h1-6H,7-10H2,(H,26,27). The number of amides is 1. The zero-order chi connectivity index (χ0) is 19.6. The van der Waals surface area contributed by atoms with Crippen LogP contribution >= 0.6 is 0 Å². The molecule has 0 radical (unpaired) electrons. The summed E-state index contributed by atoms with van der Waals surface area (Å²) < 4.78 is 39.4. The summed E-state index contributed by atoms with van der Waals surface area (Å²) in [6, 6.07) is 6.17. The summed E-state index contributed by atoms with van der Waals surface area (Å²) in [7, 11) is 0. The average Bonchev–Trinajstić information content (AvgIpc) is 2.67. The Morgan fingerprint density at radius 3 is 2.33 bits per heavy atom. The molecule has 1 N–H and O–H groups in total. The lowest BCUT2D eigenvalue weighted by Crippen LogP contribution is -2.49. The van der Waals surface area contributed by atoms with E-state index in [1.54, 1.807) is 4.90 Å². The summed E-state index contributed by atoms with van der Waals surface area (Å²) in [5, 5.41) is 16.3. The van der Waals surface area contributed by atoms with Crippen LogP contribution in [-0.2, 0) is 6.18 Å². The maximum atomic E-state index is 13.1. The zero-order valence-electron chi connectivity index (χ0n) is 14.0. The first kappa shape index (κ1) is 18.6. The lowest BCUT2D eigenvalue weighted by atomic mass is 10.1. The normalized spacial score (nSPS) is 14.9. The van der Waals surface area contributed by atoms with Crippen molar-refractivity contribution >= 4 is 17.6 Å². The van der Waals surface area contributed by atoms with E-state index in [1.165, 1.54) is 29.3 Å². The van der Waals surface area contributed by atoms with Gasteiger partial charge in [-0.1, -0.05) is 12.1 Å². The number of piperazine rings is 1. The third-order valence-electron chi connectivity index (χ3n) is 4.27. The number of rotatable bonds is 3. The number of hydrogen-bond acceptors (Lipinski definition) is 5. The van der Waals surface area contributed by atoms with Crippen LogP contribution in [0.3, 0.4) is 0 Å². The zero-order valence-corrected chi connectivity index (χ0v) is 14.0. The second kappa shape index (κ2) is 7.22. The van der Waals surface area contributed by atoms with Crippen molar-refractivity contribution in [2.24, 2.45) is 0 Å². The van der Waals surface area contributed by atoms with Crippen LogP contribution in [0.25, 0.3) is 0 Å². The molecule has 10 heteroatoms. The molecule has 0 spiro atoms. The van der Waals surface area contributed by atoms with E-state index in [1.807, 2.05) is 0 Å². The summed E-state index contributed by atoms with van der Waals surface area (Å²) >= 11 is 0. The van der Waals surface area contributed by atoms with Crippen LogP contribution in [0.15, 0.2) is 36.5 Å². The molecular formula is C17H15F3N4O3. The van der Waals surface area contributed by atoms with Crippen molar-refractivity contribution in [1.82, 2.24) is 15.1 Å². The van der Waals surface area contributed by atoms with Gasteiger partial charge in [0.15, 0.2) is 5.69 Å². The van der Waals surface area contributed by atoms with Crippen LogP contribution < -0.4 is 4.90 Å². The van der Waals surface area contributed by atoms with Crippen LogP contribution in [0.1, 0.15) is 26.4 Å². The molecular weight excluding hydrogens is 365 g/mol. The Hall–Kier alpha value is -3.17. The molecule has 1 saturated heterocycles. The molecule has 2 heterocycles. The highest BCUT2D eigenvalue weighted by atomic mass is 19.4. The number of anilines is 1. The van der Waals surface area contributed by atoms with Gasteiger partial charge in [0.05, 0.1) is 23.0 Å². The van der Waals surface area contributed by atoms with Gasteiger partial charge < -0.3 is 14.9 Å². The van der Waals surface area contributed by atoms with E-state index in [0.29, 0.717) is 5.69 Å². The number of aromatic carboxylic acids is 1. The Kier molecular flexibility index (Phi) is 4.98. The number of carbonyl (C=O) groups excluding carboxylic acids is 1. The van der Waals surface area contributed by atoms with Gasteiger partial charge >= 0.3 is 12.1 Å². The molecule has 1 aliphatic rings. The first-order chi connectivity index (χ1) is 12.8. The van der Waals surface area contributed by atoms with Gasteiger partial charge in [0.25, 0.3) is 5.91 Å². The Morgan fingerprint density at radius 1 is 1.04 bits per heavy atom. The second-order valence-corrected chi connectivity index (χ2v) is 5.89. The van der Waals surface area contributed by atoms with E-state index in [2.05, 4.69) is 10.2 Å². The van der Waals surface area contributed by atoms with Crippen LogP contribution in [0, 0.1) is 0 Å². The van der Waals surface area contributed by atoms with Gasteiger partial charge in [0, 0.05) is 26.2 Å². The molecule has 27 heavy (non-hydrogen) atoms. The number of carboxylic acid groups (broad SMARTS) is 1. The maximum absolute atomic E-state index is 13.1. The number of carbonyl (C=O) groups is 2. The molecule has 142 valence electrons. The molecule has 2 aromatic rings. The van der Waals surface area contributed by atoms with Gasteiger partial charge in [-0.05, 0) is 18.2 Å². The summed E-state index contributed by atoms with van der Waals surface area (Å²) in [5.74, 6) is -1.93. The molecule has 3 rings (SSSR count). The Morgan fingerprint density at radius 2 is 1.70 bits per heavy atom. The topological polar surface area (TPSA) is 86.6 Å². The van der Waals surface area contributed by atoms with Crippen LogP contribution in [-0.4, -0.2) is 58.3 Å². The van der Waals surface area contributed by atoms with E-state index in [9.17, 15) is 27.9 Å². The molecule has 0 saturated carbocycles. The molecule has 0 aliphatic carbocycles. The summed E-state index contributed by atoms with van der Waals surface area (Å²) in [6.45, 7) is 0.858. The first-order valence-electron chi connectivity index (χ1n) is 8.04. The minimum absolute atomic E-state index is 0.159. The minimum atomic E-state index is -4.62. The molecule has 1 amide bonds. The van der Waals surface area contributed by atoms with Crippen molar-refractivity contribution in [3.05, 3.63) is 53.3 Å². The van der Waals surface area contributed by atoms with Gasteiger partial charge in [0.2, 0.25) is 0 Å². The smallest absolute Gasteiger partial charge is 0.417 e. The fourth-order valence-electron chi connectivity index (χ4n) is 2.97. The van der Waals surface area contributed by atoms with Crippen molar-refractivity contribution in [3.63, 3.8) is 0 Å². The molecule has 0 atom stereocenters. The number of halogens is 3. The van der Waals surface area contributed by atoms with Crippen molar-refractivity contribution in [1.29, 1.82) is 0 Å². The highest BCUT2D eigenvalue weighted by Crippen LogP contribution is 2.32. The van der Waals surface area contributed by atoms with Gasteiger partial charge in [-0.25, -0.2) is 4.79 Å². The Bertz CT molecular complexity index is 864. The van der Waals surface area contributed by atoms with Gasteiger partial charge in [-0.3, -0.25) is 4.79 Å². The molecule has 7 nitrogen and oxygen atoms in total. The Labute approximate surface area is 152 Å². The summed E-state index contributed by atoms with van der Waals surface area (Å²) in [6.07, 6.45) is -3.26. The first-order valence-corrected chi connectivity index (χ1v) is 8.04. The fourth-order valence-corrected chi connectivity index (χ4v) is 2.97. The van der Waals surface area contributed by atoms with Gasteiger partial charge in [-0.2, -0.15) is 18.3 Å². The minimum Gasteiger partial charge on any atom is -0.476 e. The SMILES string of the molecule is O=C(O)c1nnccc1N1CCN(C(=O)c2ccccc2C(F)(F)F)CC1. The van der Waals surface area contributed by atoms with E-state index < -0.39 is 29.2 Å². The number of nitrogens with zero attached hydrogens (tertiary/aromatic N) is 4. The molecule has 1 fully saturated rings. The summed E-state index contributed by atoms with van der Waals surface area (Å²) in [4.78, 5) is 26.9. The predicted octanol–water partition coefficient (Wildman–Crippen LogP) is 2.16. The molecule has 1 aromatic heterocycles. The average molecular weight is 380 g/mol. The maximum Gasteiger partial charge on any atom is 0.417 e. The third-order valence-corrected chi connectivity index (χ3v) is 4.27. The van der Waals surface area contributed by atoms with Crippen LogP contribution in [0.4, 0.5) is 18.9 Å².